The Bertz CT molecular complexity index is 746. The van der Waals surface area contributed by atoms with Gasteiger partial charge in [0.2, 0.25) is 0 Å². The number of benzene rings is 1. The molecule has 0 atom stereocenters. The summed E-state index contributed by atoms with van der Waals surface area (Å²) in [5.41, 5.74) is 6.14. The van der Waals surface area contributed by atoms with Gasteiger partial charge in [-0.05, 0) is 49.8 Å². The highest BCUT2D eigenvalue weighted by Gasteiger charge is 2.20. The molecule has 0 bridgehead atoms. The quantitative estimate of drug-likeness (QED) is 0.800. The lowest BCUT2D eigenvalue weighted by Gasteiger charge is -2.17. The molecule has 3 nitrogen and oxygen atoms in total. The molecule has 0 aliphatic rings. The maximum absolute atomic E-state index is 12.9. The standard InChI is InChI=1S/C20H25ClN2O/c1-6-14-10-9-11-15(7-2)19(14)23-20(24)17-13(5)22-12(4)16(8-3)18(17)21/h9-11H,6-8H2,1-5H3,(H,23,24). The van der Waals surface area contributed by atoms with Crippen LogP contribution in [0.4, 0.5) is 5.69 Å². The van der Waals surface area contributed by atoms with Crippen molar-refractivity contribution in [2.24, 2.45) is 0 Å². The minimum atomic E-state index is -0.185. The summed E-state index contributed by atoms with van der Waals surface area (Å²) in [6.45, 7) is 9.96. The van der Waals surface area contributed by atoms with E-state index in [0.717, 1.165) is 47.3 Å². The third kappa shape index (κ3) is 3.46. The van der Waals surface area contributed by atoms with Crippen molar-refractivity contribution < 1.29 is 4.79 Å². The number of aromatic nitrogens is 1. The van der Waals surface area contributed by atoms with Crippen molar-refractivity contribution >= 4 is 23.2 Å². The fraction of sp³-hybridized carbons (Fsp3) is 0.400. The van der Waals surface area contributed by atoms with Gasteiger partial charge in [0.25, 0.3) is 5.91 Å². The van der Waals surface area contributed by atoms with E-state index < -0.39 is 0 Å². The van der Waals surface area contributed by atoms with Crippen LogP contribution in [0.3, 0.4) is 0 Å². The van der Waals surface area contributed by atoms with Crippen molar-refractivity contribution in [3.05, 3.63) is 56.9 Å². The summed E-state index contributed by atoms with van der Waals surface area (Å²) < 4.78 is 0. The third-order valence-electron chi connectivity index (χ3n) is 4.44. The van der Waals surface area contributed by atoms with Gasteiger partial charge in [-0.2, -0.15) is 0 Å². The smallest absolute Gasteiger partial charge is 0.259 e. The molecule has 0 saturated heterocycles. The minimum Gasteiger partial charge on any atom is -0.321 e. The normalized spacial score (nSPS) is 10.8. The summed E-state index contributed by atoms with van der Waals surface area (Å²) in [6, 6.07) is 6.14. The lowest BCUT2D eigenvalue weighted by Crippen LogP contribution is -2.18. The van der Waals surface area contributed by atoms with E-state index in [-0.39, 0.29) is 5.91 Å². The fourth-order valence-electron chi connectivity index (χ4n) is 3.10. The van der Waals surface area contributed by atoms with E-state index in [1.807, 2.05) is 39.0 Å². The highest BCUT2D eigenvalue weighted by Crippen LogP contribution is 2.29. The van der Waals surface area contributed by atoms with Gasteiger partial charge in [-0.1, -0.05) is 50.6 Å². The minimum absolute atomic E-state index is 0.185. The summed E-state index contributed by atoms with van der Waals surface area (Å²) in [7, 11) is 0. The van der Waals surface area contributed by atoms with Gasteiger partial charge in [-0.25, -0.2) is 0 Å². The van der Waals surface area contributed by atoms with Crippen molar-refractivity contribution in [2.45, 2.75) is 53.9 Å². The van der Waals surface area contributed by atoms with Crippen LogP contribution in [-0.4, -0.2) is 10.9 Å². The number of halogens is 1. The maximum Gasteiger partial charge on any atom is 0.259 e. The van der Waals surface area contributed by atoms with Crippen LogP contribution in [0.1, 0.15) is 59.2 Å². The second kappa shape index (κ2) is 7.80. The molecule has 1 N–H and O–H groups in total. The predicted molar refractivity (Wildman–Crippen MR) is 101 cm³/mol. The van der Waals surface area contributed by atoms with Gasteiger partial charge in [0.05, 0.1) is 16.3 Å². The zero-order chi connectivity index (χ0) is 17.9. The molecule has 2 rings (SSSR count). The number of nitrogens with zero attached hydrogens (tertiary/aromatic N) is 1. The summed E-state index contributed by atoms with van der Waals surface area (Å²) in [6.07, 6.45) is 2.48. The highest BCUT2D eigenvalue weighted by atomic mass is 35.5. The number of carbonyl (C=O) groups excluding carboxylic acids is 1. The van der Waals surface area contributed by atoms with Crippen LogP contribution in [0.2, 0.25) is 5.02 Å². The van der Waals surface area contributed by atoms with Crippen LogP contribution < -0.4 is 5.32 Å². The molecule has 4 heteroatoms. The van der Waals surface area contributed by atoms with E-state index in [1.54, 1.807) is 0 Å². The van der Waals surface area contributed by atoms with Gasteiger partial charge in [0.15, 0.2) is 0 Å². The molecular formula is C20H25ClN2O. The SMILES string of the molecule is CCc1cccc(CC)c1NC(=O)c1c(C)nc(C)c(CC)c1Cl. The zero-order valence-electron chi connectivity index (χ0n) is 15.1. The first-order valence-electron chi connectivity index (χ1n) is 8.52. The molecule has 0 saturated carbocycles. The summed E-state index contributed by atoms with van der Waals surface area (Å²) in [5.74, 6) is -0.185. The Kier molecular flexibility index (Phi) is 6.00. The van der Waals surface area contributed by atoms with Crippen molar-refractivity contribution in [3.8, 4) is 0 Å². The number of para-hydroxylation sites is 1. The molecule has 0 spiro atoms. The van der Waals surface area contributed by atoms with E-state index in [4.69, 9.17) is 11.6 Å². The van der Waals surface area contributed by atoms with Crippen LogP contribution >= 0.6 is 11.6 Å². The molecule has 0 radical (unpaired) electrons. The first-order valence-corrected chi connectivity index (χ1v) is 8.89. The fourth-order valence-corrected chi connectivity index (χ4v) is 3.59. The van der Waals surface area contributed by atoms with Crippen molar-refractivity contribution in [2.75, 3.05) is 5.32 Å². The molecule has 0 fully saturated rings. The topological polar surface area (TPSA) is 42.0 Å². The van der Waals surface area contributed by atoms with Gasteiger partial charge < -0.3 is 5.32 Å². The van der Waals surface area contributed by atoms with Crippen LogP contribution in [-0.2, 0) is 19.3 Å². The number of aryl methyl sites for hydroxylation is 4. The number of hydrogen-bond acceptors (Lipinski definition) is 2. The Labute approximate surface area is 149 Å². The Morgan fingerprint density at radius 1 is 1.04 bits per heavy atom. The van der Waals surface area contributed by atoms with Crippen molar-refractivity contribution in [3.63, 3.8) is 0 Å². The van der Waals surface area contributed by atoms with Crippen LogP contribution in [0, 0.1) is 13.8 Å². The maximum atomic E-state index is 12.9. The molecule has 0 aliphatic carbocycles. The molecule has 128 valence electrons. The second-order valence-corrected chi connectivity index (χ2v) is 6.29. The van der Waals surface area contributed by atoms with Gasteiger partial charge in [0, 0.05) is 11.4 Å². The number of nitrogens with one attached hydrogen (secondary N) is 1. The Balaban J connectivity index is 2.49. The number of anilines is 1. The molecule has 2 aromatic rings. The van der Waals surface area contributed by atoms with Gasteiger partial charge in [0.1, 0.15) is 0 Å². The van der Waals surface area contributed by atoms with E-state index in [9.17, 15) is 4.79 Å². The number of rotatable bonds is 5. The molecule has 1 heterocycles. The first-order chi connectivity index (χ1) is 11.4. The Hall–Kier alpha value is -1.87. The molecule has 1 amide bonds. The van der Waals surface area contributed by atoms with Gasteiger partial charge in [-0.15, -0.1) is 0 Å². The van der Waals surface area contributed by atoms with Crippen LogP contribution in [0.25, 0.3) is 0 Å². The van der Waals surface area contributed by atoms with Gasteiger partial charge >= 0.3 is 0 Å². The largest absolute Gasteiger partial charge is 0.321 e. The number of pyridine rings is 1. The van der Waals surface area contributed by atoms with Gasteiger partial charge in [-0.3, -0.25) is 9.78 Å². The summed E-state index contributed by atoms with van der Waals surface area (Å²) in [4.78, 5) is 17.4. The lowest BCUT2D eigenvalue weighted by atomic mass is 10.0. The molecular weight excluding hydrogens is 320 g/mol. The van der Waals surface area contributed by atoms with Crippen molar-refractivity contribution in [1.29, 1.82) is 0 Å². The lowest BCUT2D eigenvalue weighted by molar-refractivity contribution is 0.102. The number of amides is 1. The molecule has 1 aromatic carbocycles. The van der Waals surface area contributed by atoms with E-state index in [0.29, 0.717) is 16.3 Å². The first kappa shape index (κ1) is 18.5. The summed E-state index contributed by atoms with van der Waals surface area (Å²) in [5, 5.41) is 3.61. The van der Waals surface area contributed by atoms with E-state index in [1.165, 1.54) is 0 Å². The average molecular weight is 345 g/mol. The van der Waals surface area contributed by atoms with Crippen LogP contribution in [0.15, 0.2) is 18.2 Å². The van der Waals surface area contributed by atoms with E-state index >= 15 is 0 Å². The third-order valence-corrected chi connectivity index (χ3v) is 4.85. The molecule has 0 unspecified atom stereocenters. The number of carbonyl (C=O) groups is 1. The molecule has 24 heavy (non-hydrogen) atoms. The molecule has 0 aliphatic heterocycles. The highest BCUT2D eigenvalue weighted by molar-refractivity contribution is 6.35. The average Bonchev–Trinajstić information content (AvgIpc) is 2.54. The monoisotopic (exact) mass is 344 g/mol. The van der Waals surface area contributed by atoms with Crippen molar-refractivity contribution in [1.82, 2.24) is 4.98 Å². The molecule has 1 aromatic heterocycles. The zero-order valence-corrected chi connectivity index (χ0v) is 15.8. The van der Waals surface area contributed by atoms with E-state index in [2.05, 4.69) is 24.1 Å². The summed E-state index contributed by atoms with van der Waals surface area (Å²) >= 11 is 6.53. The van der Waals surface area contributed by atoms with Crippen LogP contribution in [0.5, 0.6) is 0 Å². The number of hydrogen-bond donors (Lipinski definition) is 1. The second-order valence-electron chi connectivity index (χ2n) is 5.92. The Morgan fingerprint density at radius 3 is 2.12 bits per heavy atom. The predicted octanol–water partition coefficient (Wildman–Crippen LogP) is 5.29. The Morgan fingerprint density at radius 2 is 1.62 bits per heavy atom.